The van der Waals surface area contributed by atoms with Crippen LogP contribution in [0, 0.1) is 5.82 Å². The Kier molecular flexibility index (Phi) is 3.19. The molecule has 20 heavy (non-hydrogen) atoms. The second kappa shape index (κ2) is 5.01. The third-order valence-corrected chi connectivity index (χ3v) is 3.08. The molecule has 0 unspecified atom stereocenters. The van der Waals surface area contributed by atoms with Gasteiger partial charge in [0.25, 0.3) is 0 Å². The average Bonchev–Trinajstić information content (AvgIpc) is 2.88. The molecule has 0 saturated heterocycles. The molecule has 5 nitrogen and oxygen atoms in total. The van der Waals surface area contributed by atoms with Crippen LogP contribution in [-0.4, -0.2) is 19.7 Å². The standard InChI is InChI=1S/C13H9BrFN5/c14-9-5-11(15)13(17-6-9)20-7-18-12(19-20)8-2-1-3-10(16)4-8/h1-7H,16H2. The largest absolute Gasteiger partial charge is 0.399 e. The van der Waals surface area contributed by atoms with Crippen LogP contribution < -0.4 is 5.73 Å². The van der Waals surface area contributed by atoms with Crippen LogP contribution in [0.3, 0.4) is 0 Å². The van der Waals surface area contributed by atoms with E-state index in [1.165, 1.54) is 23.3 Å². The van der Waals surface area contributed by atoms with Crippen molar-refractivity contribution in [1.29, 1.82) is 0 Å². The second-order valence-corrected chi connectivity index (χ2v) is 5.01. The number of hydrogen-bond donors (Lipinski definition) is 1. The van der Waals surface area contributed by atoms with E-state index < -0.39 is 5.82 Å². The minimum absolute atomic E-state index is 0.0934. The number of halogens is 2. The number of hydrogen-bond acceptors (Lipinski definition) is 4. The zero-order valence-electron chi connectivity index (χ0n) is 10.2. The summed E-state index contributed by atoms with van der Waals surface area (Å²) in [6.07, 6.45) is 2.91. The molecule has 0 spiro atoms. The molecule has 0 bridgehead atoms. The molecule has 100 valence electrons. The van der Waals surface area contributed by atoms with E-state index in [0.717, 1.165) is 5.56 Å². The molecular formula is C13H9BrFN5. The highest BCUT2D eigenvalue weighted by Crippen LogP contribution is 2.19. The van der Waals surface area contributed by atoms with Gasteiger partial charge in [-0.25, -0.2) is 14.4 Å². The van der Waals surface area contributed by atoms with Gasteiger partial charge in [0.1, 0.15) is 6.33 Å². The maximum absolute atomic E-state index is 13.8. The zero-order chi connectivity index (χ0) is 14.1. The third kappa shape index (κ3) is 2.39. The minimum atomic E-state index is -0.483. The molecule has 0 saturated carbocycles. The summed E-state index contributed by atoms with van der Waals surface area (Å²) < 4.78 is 15.7. The van der Waals surface area contributed by atoms with E-state index in [-0.39, 0.29) is 5.82 Å². The summed E-state index contributed by atoms with van der Waals surface area (Å²) in [5.41, 5.74) is 7.10. The highest BCUT2D eigenvalue weighted by molar-refractivity contribution is 9.10. The first-order valence-corrected chi connectivity index (χ1v) is 6.52. The average molecular weight is 334 g/mol. The van der Waals surface area contributed by atoms with Crippen LogP contribution in [-0.2, 0) is 0 Å². The van der Waals surface area contributed by atoms with Crippen LogP contribution in [0.25, 0.3) is 17.2 Å². The van der Waals surface area contributed by atoms with E-state index in [9.17, 15) is 4.39 Å². The van der Waals surface area contributed by atoms with Gasteiger partial charge in [-0.2, -0.15) is 4.68 Å². The van der Waals surface area contributed by atoms with Crippen LogP contribution in [0.15, 0.2) is 47.3 Å². The molecule has 0 fully saturated rings. The molecule has 0 radical (unpaired) electrons. The normalized spacial score (nSPS) is 10.7. The molecule has 0 atom stereocenters. The SMILES string of the molecule is Nc1cccc(-c2ncn(-c3ncc(Br)cc3F)n2)c1. The topological polar surface area (TPSA) is 69.6 Å². The first kappa shape index (κ1) is 12.7. The van der Waals surface area contributed by atoms with E-state index in [1.807, 2.05) is 12.1 Å². The van der Waals surface area contributed by atoms with Gasteiger partial charge >= 0.3 is 0 Å². The molecule has 0 aliphatic heterocycles. The van der Waals surface area contributed by atoms with Crippen molar-refractivity contribution in [2.75, 3.05) is 5.73 Å². The van der Waals surface area contributed by atoms with E-state index in [1.54, 1.807) is 12.1 Å². The lowest BCUT2D eigenvalue weighted by Gasteiger charge is -2.01. The van der Waals surface area contributed by atoms with Gasteiger partial charge in [-0.05, 0) is 34.1 Å². The molecule has 3 rings (SSSR count). The number of nitrogens with zero attached hydrogens (tertiary/aromatic N) is 4. The van der Waals surface area contributed by atoms with Crippen molar-refractivity contribution in [1.82, 2.24) is 19.7 Å². The first-order valence-electron chi connectivity index (χ1n) is 5.72. The van der Waals surface area contributed by atoms with Gasteiger partial charge in [0.2, 0.25) is 0 Å². The maximum Gasteiger partial charge on any atom is 0.191 e. The number of nitrogens with two attached hydrogens (primary N) is 1. The van der Waals surface area contributed by atoms with Crippen LogP contribution in [0.4, 0.5) is 10.1 Å². The monoisotopic (exact) mass is 333 g/mol. The molecule has 2 heterocycles. The minimum Gasteiger partial charge on any atom is -0.399 e. The Labute approximate surface area is 122 Å². The van der Waals surface area contributed by atoms with Crippen molar-refractivity contribution >= 4 is 21.6 Å². The fourth-order valence-corrected chi connectivity index (χ4v) is 2.05. The van der Waals surface area contributed by atoms with E-state index in [2.05, 4.69) is 31.0 Å². The van der Waals surface area contributed by atoms with Crippen molar-refractivity contribution in [3.05, 3.63) is 53.1 Å². The highest BCUT2D eigenvalue weighted by Gasteiger charge is 2.11. The molecule has 2 N–H and O–H groups in total. The smallest absolute Gasteiger partial charge is 0.191 e. The van der Waals surface area contributed by atoms with Gasteiger partial charge in [-0.15, -0.1) is 5.10 Å². The molecule has 2 aromatic heterocycles. The summed E-state index contributed by atoms with van der Waals surface area (Å²) in [7, 11) is 0. The van der Waals surface area contributed by atoms with Crippen LogP contribution >= 0.6 is 15.9 Å². The number of aromatic nitrogens is 4. The Bertz CT molecular complexity index is 771. The van der Waals surface area contributed by atoms with Crippen molar-refractivity contribution in [2.24, 2.45) is 0 Å². The molecule has 3 aromatic rings. The van der Waals surface area contributed by atoms with Gasteiger partial charge in [0.15, 0.2) is 17.5 Å². The Morgan fingerprint density at radius 3 is 2.80 bits per heavy atom. The lowest BCUT2D eigenvalue weighted by molar-refractivity contribution is 0.599. The fourth-order valence-electron chi connectivity index (χ4n) is 1.75. The lowest BCUT2D eigenvalue weighted by atomic mass is 10.2. The summed E-state index contributed by atoms with van der Waals surface area (Å²) in [5.74, 6) is 0.0701. The zero-order valence-corrected chi connectivity index (χ0v) is 11.7. The Hall–Kier alpha value is -2.28. The quantitative estimate of drug-likeness (QED) is 0.732. The number of benzene rings is 1. The molecule has 0 amide bonds. The van der Waals surface area contributed by atoms with Gasteiger partial charge < -0.3 is 5.73 Å². The third-order valence-electron chi connectivity index (χ3n) is 2.64. The maximum atomic E-state index is 13.8. The van der Waals surface area contributed by atoms with Gasteiger partial charge in [0.05, 0.1) is 0 Å². The summed E-state index contributed by atoms with van der Waals surface area (Å²) in [6.45, 7) is 0. The molecule has 1 aromatic carbocycles. The number of anilines is 1. The molecule has 0 aliphatic rings. The van der Waals surface area contributed by atoms with E-state index >= 15 is 0 Å². The fraction of sp³-hybridized carbons (Fsp3) is 0. The number of pyridine rings is 1. The van der Waals surface area contributed by atoms with Crippen LogP contribution in [0.5, 0.6) is 0 Å². The predicted octanol–water partition coefficient (Wildman–Crippen LogP) is 2.81. The predicted molar refractivity (Wildman–Crippen MR) is 76.7 cm³/mol. The van der Waals surface area contributed by atoms with Gasteiger partial charge in [-0.1, -0.05) is 12.1 Å². The lowest BCUT2D eigenvalue weighted by Crippen LogP contribution is -2.01. The van der Waals surface area contributed by atoms with Crippen LogP contribution in [0.1, 0.15) is 0 Å². The summed E-state index contributed by atoms with van der Waals surface area (Å²) >= 11 is 3.16. The first-order chi connectivity index (χ1) is 9.63. The number of rotatable bonds is 2. The second-order valence-electron chi connectivity index (χ2n) is 4.10. The molecule has 0 aliphatic carbocycles. The van der Waals surface area contributed by atoms with Crippen molar-refractivity contribution in [3.63, 3.8) is 0 Å². The Balaban J connectivity index is 2.02. The summed E-state index contributed by atoms with van der Waals surface area (Å²) in [6, 6.07) is 8.50. The summed E-state index contributed by atoms with van der Waals surface area (Å²) in [5, 5.41) is 4.21. The van der Waals surface area contributed by atoms with E-state index in [4.69, 9.17) is 5.73 Å². The molecule has 7 heteroatoms. The van der Waals surface area contributed by atoms with Gasteiger partial charge in [-0.3, -0.25) is 0 Å². The van der Waals surface area contributed by atoms with Crippen molar-refractivity contribution in [3.8, 4) is 17.2 Å². The van der Waals surface area contributed by atoms with Crippen molar-refractivity contribution < 1.29 is 4.39 Å². The van der Waals surface area contributed by atoms with E-state index in [0.29, 0.717) is 16.0 Å². The van der Waals surface area contributed by atoms with Crippen LogP contribution in [0.2, 0.25) is 0 Å². The van der Waals surface area contributed by atoms with Crippen molar-refractivity contribution in [2.45, 2.75) is 0 Å². The Morgan fingerprint density at radius 1 is 1.20 bits per heavy atom. The summed E-state index contributed by atoms with van der Waals surface area (Å²) in [4.78, 5) is 8.13. The van der Waals surface area contributed by atoms with Gasteiger partial charge in [0, 0.05) is 21.9 Å². The number of nitrogen functional groups attached to an aromatic ring is 1. The Morgan fingerprint density at radius 2 is 2.05 bits per heavy atom. The molecular weight excluding hydrogens is 325 g/mol. The highest BCUT2D eigenvalue weighted by atomic mass is 79.9.